The molecule has 0 aromatic heterocycles. The molecule has 2 aliphatic rings. The van der Waals surface area contributed by atoms with Gasteiger partial charge in [0.25, 0.3) is 0 Å². The largest absolute Gasteiger partial charge is 0.490 e. The van der Waals surface area contributed by atoms with Gasteiger partial charge in [-0.15, -0.1) is 0 Å². The number of aryl methyl sites for hydroxylation is 2. The average Bonchev–Trinajstić information content (AvgIpc) is 3.82. The topological polar surface area (TPSA) is 86.3 Å². The zero-order valence-corrected chi connectivity index (χ0v) is 32.4. The van der Waals surface area contributed by atoms with Crippen LogP contribution in [0.3, 0.4) is 0 Å². The number of piperidine rings is 1. The Hall–Kier alpha value is -3.17. The highest BCUT2D eigenvalue weighted by molar-refractivity contribution is 6.37. The van der Waals surface area contributed by atoms with Crippen LogP contribution in [0.5, 0.6) is 11.5 Å². The smallest absolute Gasteiger partial charge is 0.410 e. The van der Waals surface area contributed by atoms with Crippen molar-refractivity contribution >= 4 is 46.8 Å². The Kier molecular flexibility index (Phi) is 13.1. The van der Waals surface area contributed by atoms with Crippen molar-refractivity contribution < 1.29 is 28.5 Å². The molecule has 0 bridgehead atoms. The van der Waals surface area contributed by atoms with E-state index in [-0.39, 0.29) is 30.5 Å². The predicted molar refractivity (Wildman–Crippen MR) is 203 cm³/mol. The van der Waals surface area contributed by atoms with Crippen LogP contribution in [0.2, 0.25) is 15.1 Å². The van der Waals surface area contributed by atoms with Crippen LogP contribution in [0.15, 0.2) is 54.6 Å². The van der Waals surface area contributed by atoms with E-state index in [1.807, 2.05) is 64.1 Å². The van der Waals surface area contributed by atoms with Gasteiger partial charge in [-0.05, 0) is 131 Å². The number of amides is 2. The first-order valence-electron chi connectivity index (χ1n) is 17.6. The molecule has 0 radical (unpaired) electrons. The fraction of sp³-hybridized carbons (Fsp3) is 0.500. The van der Waals surface area contributed by atoms with Crippen molar-refractivity contribution in [2.75, 3.05) is 40.0 Å². The number of likely N-dealkylation sites (tertiary alicyclic amines) is 1. The monoisotopic (exact) mass is 758 g/mol. The van der Waals surface area contributed by atoms with Gasteiger partial charge in [0.2, 0.25) is 5.91 Å². The lowest BCUT2D eigenvalue weighted by molar-refractivity contribution is -0.128. The minimum Gasteiger partial charge on any atom is -0.490 e. The Labute approximate surface area is 317 Å². The van der Waals surface area contributed by atoms with E-state index in [1.54, 1.807) is 24.1 Å². The van der Waals surface area contributed by atoms with E-state index >= 15 is 0 Å². The summed E-state index contributed by atoms with van der Waals surface area (Å²) in [6.07, 6.45) is 4.47. The molecule has 2 atom stereocenters. The summed E-state index contributed by atoms with van der Waals surface area (Å²) in [5.74, 6) is 0.495. The van der Waals surface area contributed by atoms with Crippen molar-refractivity contribution in [2.24, 2.45) is 5.92 Å². The van der Waals surface area contributed by atoms with Crippen molar-refractivity contribution in [3.05, 3.63) is 91.9 Å². The molecular formula is C40H49Cl3N2O6. The molecule has 3 aromatic rings. The van der Waals surface area contributed by atoms with E-state index in [1.165, 1.54) is 5.56 Å². The Balaban J connectivity index is 1.27. The molecule has 1 N–H and O–H groups in total. The summed E-state index contributed by atoms with van der Waals surface area (Å²) >= 11 is 19.0. The van der Waals surface area contributed by atoms with Crippen molar-refractivity contribution in [1.82, 2.24) is 10.2 Å². The van der Waals surface area contributed by atoms with Crippen LogP contribution >= 0.6 is 34.8 Å². The molecule has 1 saturated carbocycles. The highest BCUT2D eigenvalue weighted by atomic mass is 35.5. The van der Waals surface area contributed by atoms with Crippen LogP contribution in [0.25, 0.3) is 0 Å². The first-order valence-corrected chi connectivity index (χ1v) is 18.8. The molecule has 1 heterocycles. The minimum absolute atomic E-state index is 0.0559. The van der Waals surface area contributed by atoms with Crippen LogP contribution in [0, 0.1) is 12.8 Å². The van der Waals surface area contributed by atoms with E-state index in [9.17, 15) is 9.59 Å². The van der Waals surface area contributed by atoms with Gasteiger partial charge in [-0.2, -0.15) is 0 Å². The average molecular weight is 760 g/mol. The summed E-state index contributed by atoms with van der Waals surface area (Å²) in [6.45, 7) is 9.45. The van der Waals surface area contributed by atoms with Gasteiger partial charge in [0.15, 0.2) is 5.75 Å². The fourth-order valence-corrected chi connectivity index (χ4v) is 7.57. The summed E-state index contributed by atoms with van der Waals surface area (Å²) in [7, 11) is 1.71. The fourth-order valence-electron chi connectivity index (χ4n) is 6.67. The Morgan fingerprint density at radius 1 is 0.922 bits per heavy atom. The minimum atomic E-state index is -0.638. The van der Waals surface area contributed by atoms with E-state index in [2.05, 4.69) is 11.4 Å². The van der Waals surface area contributed by atoms with Gasteiger partial charge in [0, 0.05) is 37.4 Å². The number of methoxy groups -OCH3 is 1. The SMILES string of the molecule is COCCCc1ccc(Cl)cc1CC1(NC(=O)[C@H]2CN(C(=O)OC(C)(C)C)CC[C@@H]2c2ccc(OCCOc3c(Cl)cc(C)cc3Cl)cc2)CC1. The number of rotatable bonds is 14. The quantitative estimate of drug-likeness (QED) is 0.165. The summed E-state index contributed by atoms with van der Waals surface area (Å²) in [4.78, 5) is 29.1. The molecule has 51 heavy (non-hydrogen) atoms. The van der Waals surface area contributed by atoms with Crippen molar-refractivity contribution in [3.8, 4) is 11.5 Å². The number of nitrogens with zero attached hydrogens (tertiary/aromatic N) is 1. The van der Waals surface area contributed by atoms with Crippen LogP contribution in [0.1, 0.15) is 74.6 Å². The number of hydrogen-bond donors (Lipinski definition) is 1. The van der Waals surface area contributed by atoms with Gasteiger partial charge in [0.05, 0.1) is 16.0 Å². The molecule has 5 rings (SSSR count). The predicted octanol–water partition coefficient (Wildman–Crippen LogP) is 9.22. The molecule has 3 aromatic carbocycles. The number of ether oxygens (including phenoxy) is 4. The van der Waals surface area contributed by atoms with E-state index in [0.717, 1.165) is 42.4 Å². The highest BCUT2D eigenvalue weighted by Gasteiger charge is 2.47. The number of carbonyl (C=O) groups is 2. The molecule has 1 aliphatic carbocycles. The standard InChI is InChI=1S/C40H49Cl3N2O6/c1-26-21-34(42)36(35(43)22-26)50-20-19-49-31-12-9-28(10-13-31)32-14-17-45(38(47)51-39(2,3)4)25-33(32)37(46)44-40(15-16-40)24-29-23-30(41)11-8-27(29)7-6-18-48-5/h8-13,21-23,32-33H,6-7,14-20,24-25H2,1-5H3,(H,44,46)/t32-,33+/m1/s1. The van der Waals surface area contributed by atoms with E-state index < -0.39 is 17.6 Å². The molecule has 1 saturated heterocycles. The maximum absolute atomic E-state index is 14.3. The van der Waals surface area contributed by atoms with Gasteiger partial charge in [-0.25, -0.2) is 4.79 Å². The molecule has 276 valence electrons. The molecule has 0 spiro atoms. The molecule has 2 amide bonds. The molecule has 2 fully saturated rings. The third kappa shape index (κ3) is 10.9. The maximum atomic E-state index is 14.3. The second-order valence-electron chi connectivity index (χ2n) is 14.7. The van der Waals surface area contributed by atoms with E-state index in [4.69, 9.17) is 53.8 Å². The number of halogens is 3. The van der Waals surface area contributed by atoms with Gasteiger partial charge in [-0.3, -0.25) is 4.79 Å². The van der Waals surface area contributed by atoms with Crippen LogP contribution in [-0.2, 0) is 27.1 Å². The third-order valence-corrected chi connectivity index (χ3v) is 10.2. The summed E-state index contributed by atoms with van der Waals surface area (Å²) < 4.78 is 22.7. The summed E-state index contributed by atoms with van der Waals surface area (Å²) in [5.41, 5.74) is 3.36. The van der Waals surface area contributed by atoms with Gasteiger partial charge in [0.1, 0.15) is 24.6 Å². The molecule has 0 unspecified atom stereocenters. The molecule has 8 nitrogen and oxygen atoms in total. The second kappa shape index (κ2) is 17.1. The first-order chi connectivity index (χ1) is 24.3. The lowest BCUT2D eigenvalue weighted by atomic mass is 9.79. The number of nitrogens with one attached hydrogen (secondary N) is 1. The normalized spacial score (nSPS) is 18.2. The molecule has 11 heteroatoms. The number of hydrogen-bond acceptors (Lipinski definition) is 6. The molecule has 1 aliphatic heterocycles. The lowest BCUT2D eigenvalue weighted by Gasteiger charge is -2.39. The van der Waals surface area contributed by atoms with Crippen molar-refractivity contribution in [1.29, 1.82) is 0 Å². The van der Waals surface area contributed by atoms with Crippen LogP contribution in [0.4, 0.5) is 4.79 Å². The van der Waals surface area contributed by atoms with Crippen LogP contribution < -0.4 is 14.8 Å². The zero-order chi connectivity index (χ0) is 36.8. The van der Waals surface area contributed by atoms with E-state index in [0.29, 0.717) is 59.2 Å². The third-order valence-electron chi connectivity index (χ3n) is 9.38. The van der Waals surface area contributed by atoms with Gasteiger partial charge < -0.3 is 29.2 Å². The summed E-state index contributed by atoms with van der Waals surface area (Å²) in [5, 5.41) is 5.04. The first kappa shape index (κ1) is 39.0. The van der Waals surface area contributed by atoms with Crippen molar-refractivity contribution in [3.63, 3.8) is 0 Å². The highest BCUT2D eigenvalue weighted by Crippen LogP contribution is 2.42. The Bertz CT molecular complexity index is 1650. The number of carbonyl (C=O) groups excluding carboxylic acids is 2. The van der Waals surface area contributed by atoms with Gasteiger partial charge in [-0.1, -0.05) is 53.0 Å². The van der Waals surface area contributed by atoms with Crippen molar-refractivity contribution in [2.45, 2.75) is 83.3 Å². The van der Waals surface area contributed by atoms with Gasteiger partial charge >= 0.3 is 6.09 Å². The number of benzene rings is 3. The Morgan fingerprint density at radius 3 is 2.25 bits per heavy atom. The summed E-state index contributed by atoms with van der Waals surface area (Å²) in [6, 6.07) is 17.4. The maximum Gasteiger partial charge on any atom is 0.410 e. The molecular weight excluding hydrogens is 711 g/mol. The van der Waals surface area contributed by atoms with Crippen LogP contribution in [-0.4, -0.2) is 68.1 Å². The Morgan fingerprint density at radius 2 is 1.61 bits per heavy atom. The zero-order valence-electron chi connectivity index (χ0n) is 30.2. The lowest BCUT2D eigenvalue weighted by Crippen LogP contribution is -2.52. The second-order valence-corrected chi connectivity index (χ2v) is 16.0.